The molecule has 0 unspecified atom stereocenters. The van der Waals surface area contributed by atoms with Crippen molar-refractivity contribution in [3.05, 3.63) is 82.5 Å². The lowest BCUT2D eigenvalue weighted by atomic mass is 10.1. The SMILES string of the molecule is COc1cc(/C=C\c2cc(OC)c(OC)c(OC)c2)c(N/C=C\C(=O)c2ccc(Cl)cc2)cc1OC. The highest BCUT2D eigenvalue weighted by atomic mass is 35.5. The summed E-state index contributed by atoms with van der Waals surface area (Å²) in [5.41, 5.74) is 2.87. The van der Waals surface area contributed by atoms with Gasteiger partial charge in [0.05, 0.1) is 35.5 Å². The molecule has 188 valence electrons. The Morgan fingerprint density at radius 1 is 0.750 bits per heavy atom. The predicted octanol–water partition coefficient (Wildman–Crippen LogP) is 6.36. The van der Waals surface area contributed by atoms with E-state index in [4.69, 9.17) is 35.3 Å². The third-order valence-electron chi connectivity index (χ3n) is 5.30. The Kier molecular flexibility index (Phi) is 9.25. The van der Waals surface area contributed by atoms with E-state index in [0.717, 1.165) is 11.1 Å². The summed E-state index contributed by atoms with van der Waals surface area (Å²) < 4.78 is 27.2. The molecule has 0 saturated carbocycles. The molecule has 3 aromatic carbocycles. The Labute approximate surface area is 215 Å². The molecule has 0 saturated heterocycles. The molecular weight excluding hydrogens is 482 g/mol. The molecule has 0 aliphatic rings. The first-order valence-electron chi connectivity index (χ1n) is 10.9. The Hall–Kier alpha value is -4.10. The first-order valence-corrected chi connectivity index (χ1v) is 11.3. The molecule has 1 N–H and O–H groups in total. The predicted molar refractivity (Wildman–Crippen MR) is 143 cm³/mol. The van der Waals surface area contributed by atoms with Crippen LogP contribution in [0, 0.1) is 0 Å². The van der Waals surface area contributed by atoms with Gasteiger partial charge in [0.1, 0.15) is 0 Å². The molecule has 0 radical (unpaired) electrons. The first-order chi connectivity index (χ1) is 17.4. The highest BCUT2D eigenvalue weighted by Crippen LogP contribution is 2.39. The van der Waals surface area contributed by atoms with Crippen LogP contribution in [0.2, 0.25) is 5.02 Å². The number of carbonyl (C=O) groups excluding carboxylic acids is 1. The fourth-order valence-corrected chi connectivity index (χ4v) is 3.58. The van der Waals surface area contributed by atoms with Gasteiger partial charge in [0, 0.05) is 40.2 Å². The first kappa shape index (κ1) is 26.5. The van der Waals surface area contributed by atoms with Gasteiger partial charge in [-0.3, -0.25) is 4.79 Å². The van der Waals surface area contributed by atoms with Crippen LogP contribution >= 0.6 is 11.6 Å². The minimum absolute atomic E-state index is 0.158. The molecule has 0 bridgehead atoms. The molecule has 0 spiro atoms. The molecule has 8 heteroatoms. The van der Waals surface area contributed by atoms with Gasteiger partial charge in [-0.25, -0.2) is 0 Å². The quantitative estimate of drug-likeness (QED) is 0.183. The number of hydrogen-bond donors (Lipinski definition) is 1. The highest BCUT2D eigenvalue weighted by Gasteiger charge is 2.13. The van der Waals surface area contributed by atoms with Crippen LogP contribution in [0.3, 0.4) is 0 Å². The number of nitrogens with one attached hydrogen (secondary N) is 1. The van der Waals surface area contributed by atoms with E-state index in [0.29, 0.717) is 45.0 Å². The Morgan fingerprint density at radius 3 is 1.89 bits per heavy atom. The van der Waals surface area contributed by atoms with Crippen molar-refractivity contribution in [2.75, 3.05) is 40.9 Å². The number of carbonyl (C=O) groups is 1. The molecule has 0 heterocycles. The number of methoxy groups -OCH3 is 5. The summed E-state index contributed by atoms with van der Waals surface area (Å²) in [4.78, 5) is 12.5. The summed E-state index contributed by atoms with van der Waals surface area (Å²) in [6.45, 7) is 0. The van der Waals surface area contributed by atoms with Gasteiger partial charge in [-0.15, -0.1) is 0 Å². The standard InChI is InChI=1S/C28H28ClNO6/c1-32-24-16-20(7-6-18-14-26(34-3)28(36-5)27(15-18)35-4)22(17-25(24)33-2)30-13-12-23(31)19-8-10-21(29)11-9-19/h6-17,30H,1-5H3/b7-6-,13-12-. The average Bonchev–Trinajstić information content (AvgIpc) is 2.91. The van der Waals surface area contributed by atoms with E-state index in [-0.39, 0.29) is 5.78 Å². The minimum Gasteiger partial charge on any atom is -0.493 e. The van der Waals surface area contributed by atoms with Crippen LogP contribution in [0.25, 0.3) is 12.2 Å². The minimum atomic E-state index is -0.158. The van der Waals surface area contributed by atoms with Gasteiger partial charge in [-0.05, 0) is 48.0 Å². The van der Waals surface area contributed by atoms with E-state index in [2.05, 4.69) is 5.32 Å². The van der Waals surface area contributed by atoms with Gasteiger partial charge in [-0.2, -0.15) is 0 Å². The number of ketones is 1. The fraction of sp³-hybridized carbons (Fsp3) is 0.179. The molecule has 0 atom stereocenters. The van der Waals surface area contributed by atoms with Gasteiger partial charge < -0.3 is 29.0 Å². The highest BCUT2D eigenvalue weighted by molar-refractivity contribution is 6.30. The topological polar surface area (TPSA) is 75.3 Å². The molecule has 0 aromatic heterocycles. The average molecular weight is 510 g/mol. The molecule has 36 heavy (non-hydrogen) atoms. The van der Waals surface area contributed by atoms with Crippen molar-refractivity contribution >= 4 is 35.2 Å². The molecule has 7 nitrogen and oxygen atoms in total. The lowest BCUT2D eigenvalue weighted by Crippen LogP contribution is -1.99. The maximum absolute atomic E-state index is 12.5. The molecule has 0 aliphatic carbocycles. The van der Waals surface area contributed by atoms with Crippen molar-refractivity contribution in [2.24, 2.45) is 0 Å². The Balaban J connectivity index is 1.93. The van der Waals surface area contributed by atoms with Crippen molar-refractivity contribution in [2.45, 2.75) is 0 Å². The van der Waals surface area contributed by atoms with Gasteiger partial charge >= 0.3 is 0 Å². The maximum atomic E-state index is 12.5. The third kappa shape index (κ3) is 6.31. The second kappa shape index (κ2) is 12.6. The third-order valence-corrected chi connectivity index (χ3v) is 5.55. The number of anilines is 1. The summed E-state index contributed by atoms with van der Waals surface area (Å²) >= 11 is 5.90. The lowest BCUT2D eigenvalue weighted by Gasteiger charge is -2.14. The van der Waals surface area contributed by atoms with Crippen LogP contribution in [0.15, 0.2) is 60.8 Å². The molecule has 0 fully saturated rings. The van der Waals surface area contributed by atoms with E-state index >= 15 is 0 Å². The number of rotatable bonds is 11. The summed E-state index contributed by atoms with van der Waals surface area (Å²) in [6.07, 6.45) is 6.83. The van der Waals surface area contributed by atoms with Gasteiger partial charge in [0.25, 0.3) is 0 Å². The van der Waals surface area contributed by atoms with Crippen LogP contribution in [0.1, 0.15) is 21.5 Å². The van der Waals surface area contributed by atoms with Crippen LogP contribution in [0.5, 0.6) is 28.7 Å². The zero-order valence-electron chi connectivity index (χ0n) is 20.8. The monoisotopic (exact) mass is 509 g/mol. The normalized spacial score (nSPS) is 10.9. The number of ether oxygens (including phenoxy) is 5. The number of benzene rings is 3. The van der Waals surface area contributed by atoms with Gasteiger partial charge in [0.2, 0.25) is 5.75 Å². The summed E-state index contributed by atoms with van der Waals surface area (Å²) in [7, 11) is 7.83. The second-order valence-electron chi connectivity index (χ2n) is 7.44. The van der Waals surface area contributed by atoms with E-state index < -0.39 is 0 Å². The van der Waals surface area contributed by atoms with Gasteiger partial charge in [0.15, 0.2) is 28.8 Å². The van der Waals surface area contributed by atoms with Crippen molar-refractivity contribution in [1.29, 1.82) is 0 Å². The van der Waals surface area contributed by atoms with E-state index in [9.17, 15) is 4.79 Å². The largest absolute Gasteiger partial charge is 0.493 e. The number of halogens is 1. The Bertz CT molecular complexity index is 1240. The fourth-order valence-electron chi connectivity index (χ4n) is 3.46. The van der Waals surface area contributed by atoms with Crippen molar-refractivity contribution in [1.82, 2.24) is 0 Å². The van der Waals surface area contributed by atoms with Crippen LogP contribution in [0.4, 0.5) is 5.69 Å². The molecule has 0 amide bonds. The van der Waals surface area contributed by atoms with Crippen LogP contribution in [-0.4, -0.2) is 41.3 Å². The summed E-state index contributed by atoms with van der Waals surface area (Å²) in [5.74, 6) is 2.56. The van der Waals surface area contributed by atoms with Crippen molar-refractivity contribution < 1.29 is 28.5 Å². The van der Waals surface area contributed by atoms with E-state index in [1.165, 1.54) is 6.08 Å². The van der Waals surface area contributed by atoms with Crippen molar-refractivity contribution in [3.63, 3.8) is 0 Å². The summed E-state index contributed by atoms with van der Waals surface area (Å²) in [5, 5.41) is 3.74. The van der Waals surface area contributed by atoms with E-state index in [1.807, 2.05) is 30.4 Å². The number of allylic oxidation sites excluding steroid dienone is 1. The molecule has 3 rings (SSSR count). The molecule has 3 aromatic rings. The zero-order chi connectivity index (χ0) is 26.1. The van der Waals surface area contributed by atoms with Crippen LogP contribution in [-0.2, 0) is 0 Å². The van der Waals surface area contributed by atoms with Crippen molar-refractivity contribution in [3.8, 4) is 28.7 Å². The van der Waals surface area contributed by atoms with Crippen LogP contribution < -0.4 is 29.0 Å². The van der Waals surface area contributed by atoms with Gasteiger partial charge in [-0.1, -0.05) is 23.8 Å². The zero-order valence-corrected chi connectivity index (χ0v) is 21.5. The number of hydrogen-bond acceptors (Lipinski definition) is 7. The summed E-state index contributed by atoms with van der Waals surface area (Å²) in [6, 6.07) is 14.0. The Morgan fingerprint density at radius 2 is 1.33 bits per heavy atom. The molecule has 0 aliphatic heterocycles. The smallest absolute Gasteiger partial charge is 0.203 e. The van der Waals surface area contributed by atoms with E-state index in [1.54, 1.807) is 72.1 Å². The second-order valence-corrected chi connectivity index (χ2v) is 7.87. The maximum Gasteiger partial charge on any atom is 0.203 e. The molecular formula is C28H28ClNO6. The lowest BCUT2D eigenvalue weighted by molar-refractivity contribution is 0.104.